The van der Waals surface area contributed by atoms with E-state index in [0.29, 0.717) is 6.42 Å². The molecule has 0 amide bonds. The lowest BCUT2D eigenvalue weighted by molar-refractivity contribution is 0.0697. The van der Waals surface area contributed by atoms with Crippen LogP contribution in [-0.4, -0.2) is 16.1 Å². The molecular weight excluding hydrogens is 309 g/mol. The molecule has 106 valence electrons. The Hall–Kier alpha value is -2.05. The Morgan fingerprint density at radius 1 is 1.24 bits per heavy atom. The Balaban J connectivity index is 1.81. The highest BCUT2D eigenvalue weighted by Gasteiger charge is 2.11. The number of carbonyl (C=O) groups is 1. The number of aromatic nitrogens is 1. The van der Waals surface area contributed by atoms with Gasteiger partial charge in [0.25, 0.3) is 0 Å². The van der Waals surface area contributed by atoms with Gasteiger partial charge in [-0.1, -0.05) is 12.1 Å². The van der Waals surface area contributed by atoms with Crippen molar-refractivity contribution in [2.75, 3.05) is 0 Å². The van der Waals surface area contributed by atoms with Gasteiger partial charge in [0.15, 0.2) is 0 Å². The van der Waals surface area contributed by atoms with Gasteiger partial charge in [0.2, 0.25) is 0 Å². The fraction of sp³-hybridized carbons (Fsp3) is 0.0667. The first-order chi connectivity index (χ1) is 10.1. The first-order valence-electron chi connectivity index (χ1n) is 6.13. The molecule has 0 aliphatic heterocycles. The minimum Gasteiger partial charge on any atom is -0.478 e. The molecule has 3 nitrogen and oxygen atoms in total. The number of halogens is 1. The Morgan fingerprint density at radius 2 is 2.10 bits per heavy atom. The van der Waals surface area contributed by atoms with Crippen LogP contribution >= 0.6 is 22.7 Å². The Bertz CT molecular complexity index is 794. The van der Waals surface area contributed by atoms with Crippen molar-refractivity contribution in [3.8, 4) is 10.6 Å². The van der Waals surface area contributed by atoms with Crippen molar-refractivity contribution in [1.82, 2.24) is 4.98 Å². The average Bonchev–Trinajstić information content (AvgIpc) is 3.06. The molecule has 0 saturated carbocycles. The van der Waals surface area contributed by atoms with Gasteiger partial charge in [-0.3, -0.25) is 0 Å². The summed E-state index contributed by atoms with van der Waals surface area (Å²) < 4.78 is 13.1. The second-order valence-electron chi connectivity index (χ2n) is 4.44. The maximum Gasteiger partial charge on any atom is 0.336 e. The number of aromatic carboxylic acids is 1. The molecule has 0 aliphatic rings. The van der Waals surface area contributed by atoms with E-state index in [-0.39, 0.29) is 11.4 Å². The molecule has 1 aromatic carbocycles. The zero-order valence-corrected chi connectivity index (χ0v) is 12.4. The third-order valence-electron chi connectivity index (χ3n) is 2.89. The van der Waals surface area contributed by atoms with E-state index in [4.69, 9.17) is 5.11 Å². The zero-order valence-electron chi connectivity index (χ0n) is 10.7. The topological polar surface area (TPSA) is 50.2 Å². The van der Waals surface area contributed by atoms with E-state index in [2.05, 4.69) is 4.98 Å². The molecule has 0 atom stereocenters. The highest BCUT2D eigenvalue weighted by molar-refractivity contribution is 7.14. The van der Waals surface area contributed by atoms with E-state index in [1.165, 1.54) is 34.8 Å². The van der Waals surface area contributed by atoms with Gasteiger partial charge in [-0.15, -0.1) is 22.7 Å². The second-order valence-corrected chi connectivity index (χ2v) is 6.29. The van der Waals surface area contributed by atoms with E-state index in [1.807, 2.05) is 11.4 Å². The Labute approximate surface area is 128 Å². The number of hydrogen-bond acceptors (Lipinski definition) is 4. The van der Waals surface area contributed by atoms with Crippen LogP contribution in [0.4, 0.5) is 4.39 Å². The van der Waals surface area contributed by atoms with Crippen LogP contribution in [0.1, 0.15) is 20.9 Å². The molecular formula is C15H10FNO2S2. The lowest BCUT2D eigenvalue weighted by Crippen LogP contribution is -1.91. The van der Waals surface area contributed by atoms with E-state index in [9.17, 15) is 9.18 Å². The zero-order chi connectivity index (χ0) is 14.8. The smallest absolute Gasteiger partial charge is 0.336 e. The van der Waals surface area contributed by atoms with Crippen molar-refractivity contribution in [2.45, 2.75) is 6.42 Å². The van der Waals surface area contributed by atoms with Gasteiger partial charge >= 0.3 is 5.97 Å². The molecule has 0 fully saturated rings. The van der Waals surface area contributed by atoms with Crippen LogP contribution in [0, 0.1) is 5.82 Å². The van der Waals surface area contributed by atoms with Crippen LogP contribution in [0.25, 0.3) is 10.6 Å². The highest BCUT2D eigenvalue weighted by atomic mass is 32.1. The van der Waals surface area contributed by atoms with E-state index < -0.39 is 5.97 Å². The fourth-order valence-electron chi connectivity index (χ4n) is 1.91. The third kappa shape index (κ3) is 3.17. The van der Waals surface area contributed by atoms with Crippen molar-refractivity contribution in [1.29, 1.82) is 0 Å². The number of thiophene rings is 1. The van der Waals surface area contributed by atoms with Crippen LogP contribution < -0.4 is 0 Å². The molecule has 2 aromatic heterocycles. The molecule has 0 radical (unpaired) electrons. The highest BCUT2D eigenvalue weighted by Crippen LogP contribution is 2.29. The molecule has 0 aliphatic carbocycles. The normalized spacial score (nSPS) is 10.7. The van der Waals surface area contributed by atoms with Gasteiger partial charge in [-0.05, 0) is 23.8 Å². The first kappa shape index (κ1) is 13.9. The number of carboxylic acid groups (broad SMARTS) is 1. The summed E-state index contributed by atoms with van der Waals surface area (Å²) in [6.45, 7) is 0. The molecule has 3 rings (SSSR count). The van der Waals surface area contributed by atoms with Gasteiger partial charge < -0.3 is 5.11 Å². The third-order valence-corrected chi connectivity index (χ3v) is 4.70. The Morgan fingerprint density at radius 3 is 2.81 bits per heavy atom. The fourth-order valence-corrected chi connectivity index (χ4v) is 3.66. The van der Waals surface area contributed by atoms with Crippen molar-refractivity contribution >= 4 is 28.6 Å². The molecule has 2 heterocycles. The minimum absolute atomic E-state index is 0.256. The van der Waals surface area contributed by atoms with E-state index in [1.54, 1.807) is 17.5 Å². The summed E-state index contributed by atoms with van der Waals surface area (Å²) in [5, 5.41) is 13.3. The van der Waals surface area contributed by atoms with E-state index in [0.717, 1.165) is 21.1 Å². The number of carboxylic acids is 1. The molecule has 0 bridgehead atoms. The van der Waals surface area contributed by atoms with Crippen molar-refractivity contribution in [2.24, 2.45) is 0 Å². The second kappa shape index (κ2) is 5.75. The summed E-state index contributed by atoms with van der Waals surface area (Å²) in [6, 6.07) is 8.06. The van der Waals surface area contributed by atoms with Gasteiger partial charge in [0.05, 0.1) is 21.1 Å². The quantitative estimate of drug-likeness (QED) is 0.780. The molecule has 21 heavy (non-hydrogen) atoms. The van der Waals surface area contributed by atoms with Crippen molar-refractivity contribution in [3.63, 3.8) is 0 Å². The molecule has 3 aromatic rings. The number of hydrogen-bond donors (Lipinski definition) is 1. The number of rotatable bonds is 4. The summed E-state index contributed by atoms with van der Waals surface area (Å²) in [5.74, 6) is -1.19. The predicted molar refractivity (Wildman–Crippen MR) is 81.6 cm³/mol. The summed E-state index contributed by atoms with van der Waals surface area (Å²) in [5.41, 5.74) is 1.91. The molecule has 6 heteroatoms. The lowest BCUT2D eigenvalue weighted by Gasteiger charge is -1.97. The average molecular weight is 319 g/mol. The number of thiazole rings is 1. The van der Waals surface area contributed by atoms with Crippen LogP contribution in [-0.2, 0) is 6.42 Å². The van der Waals surface area contributed by atoms with Crippen molar-refractivity contribution < 1.29 is 14.3 Å². The van der Waals surface area contributed by atoms with Gasteiger partial charge in [0, 0.05) is 17.2 Å². The standard InChI is InChI=1S/C15H10FNO2S2/c16-11-3-1-2-9(4-11)5-14-17-12(8-21-14)13-6-10(7-20-13)15(18)19/h1-4,6-8H,5H2,(H,18,19). The van der Waals surface area contributed by atoms with E-state index >= 15 is 0 Å². The maximum absolute atomic E-state index is 13.1. The summed E-state index contributed by atoms with van der Waals surface area (Å²) in [7, 11) is 0. The minimum atomic E-state index is -0.937. The van der Waals surface area contributed by atoms with Gasteiger partial charge in [0.1, 0.15) is 5.82 Å². The van der Waals surface area contributed by atoms with Gasteiger partial charge in [-0.25, -0.2) is 14.2 Å². The van der Waals surface area contributed by atoms with Crippen molar-refractivity contribution in [3.05, 3.63) is 63.0 Å². The SMILES string of the molecule is O=C(O)c1csc(-c2csc(Cc3cccc(F)c3)n2)c1. The number of nitrogens with zero attached hydrogens (tertiary/aromatic N) is 1. The first-order valence-corrected chi connectivity index (χ1v) is 7.89. The van der Waals surface area contributed by atoms with Crippen LogP contribution in [0.3, 0.4) is 0 Å². The predicted octanol–water partition coefficient (Wildman–Crippen LogP) is 4.30. The lowest BCUT2D eigenvalue weighted by atomic mass is 10.1. The Kier molecular flexibility index (Phi) is 3.81. The van der Waals surface area contributed by atoms with Crippen LogP contribution in [0.15, 0.2) is 41.1 Å². The monoisotopic (exact) mass is 319 g/mol. The maximum atomic E-state index is 13.1. The van der Waals surface area contributed by atoms with Gasteiger partial charge in [-0.2, -0.15) is 0 Å². The summed E-state index contributed by atoms with van der Waals surface area (Å²) >= 11 is 2.84. The summed E-state index contributed by atoms with van der Waals surface area (Å²) in [6.07, 6.45) is 0.569. The molecule has 0 unspecified atom stereocenters. The molecule has 0 saturated heterocycles. The molecule has 1 N–H and O–H groups in total. The molecule has 0 spiro atoms. The van der Waals surface area contributed by atoms with Crippen LogP contribution in [0.2, 0.25) is 0 Å². The largest absolute Gasteiger partial charge is 0.478 e. The van der Waals surface area contributed by atoms with Crippen LogP contribution in [0.5, 0.6) is 0 Å². The summed E-state index contributed by atoms with van der Waals surface area (Å²) in [4.78, 5) is 16.2. The number of benzene rings is 1.